The molecular weight excluding hydrogens is 312 g/mol. The SMILES string of the molecule is COc1cc2c3c(=O)[nH]ccc3n(C(=O)OC(C)(C)C)c2cc1O. The molecule has 0 atom stereocenters. The molecule has 7 heteroatoms. The van der Waals surface area contributed by atoms with Gasteiger partial charge in [-0.05, 0) is 32.9 Å². The average Bonchev–Trinajstić information content (AvgIpc) is 2.79. The number of ether oxygens (including phenoxy) is 2. The first-order chi connectivity index (χ1) is 11.2. The van der Waals surface area contributed by atoms with Crippen molar-refractivity contribution in [3.8, 4) is 11.5 Å². The quantitative estimate of drug-likeness (QED) is 0.715. The number of hydrogen-bond donors (Lipinski definition) is 2. The van der Waals surface area contributed by atoms with Crippen molar-refractivity contribution in [1.82, 2.24) is 9.55 Å². The number of methoxy groups -OCH3 is 1. The van der Waals surface area contributed by atoms with Crippen LogP contribution in [0.15, 0.2) is 29.2 Å². The fraction of sp³-hybridized carbons (Fsp3) is 0.294. The molecular formula is C17H18N2O5. The van der Waals surface area contributed by atoms with E-state index >= 15 is 0 Å². The van der Waals surface area contributed by atoms with Crippen LogP contribution in [0.5, 0.6) is 11.5 Å². The summed E-state index contributed by atoms with van der Waals surface area (Å²) in [6.07, 6.45) is 0.833. The molecule has 7 nitrogen and oxygen atoms in total. The maximum absolute atomic E-state index is 12.6. The molecule has 0 fully saturated rings. The van der Waals surface area contributed by atoms with Crippen LogP contribution < -0.4 is 10.3 Å². The lowest BCUT2D eigenvalue weighted by molar-refractivity contribution is 0.0551. The van der Waals surface area contributed by atoms with Crippen molar-refractivity contribution in [2.45, 2.75) is 26.4 Å². The van der Waals surface area contributed by atoms with Gasteiger partial charge in [-0.3, -0.25) is 4.79 Å². The van der Waals surface area contributed by atoms with Crippen LogP contribution in [0.25, 0.3) is 21.8 Å². The fourth-order valence-corrected chi connectivity index (χ4v) is 2.65. The Morgan fingerprint density at radius 2 is 1.96 bits per heavy atom. The van der Waals surface area contributed by atoms with Gasteiger partial charge in [0.25, 0.3) is 5.56 Å². The average molecular weight is 330 g/mol. The fourth-order valence-electron chi connectivity index (χ4n) is 2.65. The maximum atomic E-state index is 12.6. The lowest BCUT2D eigenvalue weighted by Gasteiger charge is -2.20. The number of rotatable bonds is 1. The van der Waals surface area contributed by atoms with E-state index < -0.39 is 11.7 Å². The summed E-state index contributed by atoms with van der Waals surface area (Å²) in [6.45, 7) is 5.27. The monoisotopic (exact) mass is 330 g/mol. The number of fused-ring (bicyclic) bond motifs is 3. The smallest absolute Gasteiger partial charge is 0.419 e. The van der Waals surface area contributed by atoms with E-state index in [0.29, 0.717) is 21.8 Å². The number of aromatic nitrogens is 2. The van der Waals surface area contributed by atoms with Crippen LogP contribution in [-0.2, 0) is 4.74 Å². The number of H-pyrrole nitrogens is 1. The van der Waals surface area contributed by atoms with Gasteiger partial charge < -0.3 is 19.6 Å². The van der Waals surface area contributed by atoms with Crippen LogP contribution in [0.2, 0.25) is 0 Å². The molecule has 3 aromatic rings. The Hall–Kier alpha value is -2.96. The summed E-state index contributed by atoms with van der Waals surface area (Å²) in [4.78, 5) is 27.5. The third-order valence-electron chi connectivity index (χ3n) is 3.56. The number of pyridine rings is 1. The predicted octanol–water partition coefficient (Wildman–Crippen LogP) is 2.98. The van der Waals surface area contributed by atoms with Gasteiger partial charge in [-0.25, -0.2) is 9.36 Å². The summed E-state index contributed by atoms with van der Waals surface area (Å²) >= 11 is 0. The van der Waals surface area contributed by atoms with Gasteiger partial charge >= 0.3 is 6.09 Å². The number of aromatic hydroxyl groups is 1. The Labute approximate surface area is 137 Å². The van der Waals surface area contributed by atoms with E-state index in [-0.39, 0.29) is 17.1 Å². The van der Waals surface area contributed by atoms with Crippen molar-refractivity contribution < 1.29 is 19.4 Å². The van der Waals surface area contributed by atoms with E-state index in [1.54, 1.807) is 26.8 Å². The minimum Gasteiger partial charge on any atom is -0.504 e. The summed E-state index contributed by atoms with van der Waals surface area (Å²) in [7, 11) is 1.41. The van der Waals surface area contributed by atoms with Gasteiger partial charge in [0.1, 0.15) is 5.60 Å². The molecule has 0 radical (unpaired) electrons. The molecule has 2 N–H and O–H groups in total. The van der Waals surface area contributed by atoms with Crippen molar-refractivity contribution in [2.75, 3.05) is 7.11 Å². The topological polar surface area (TPSA) is 93.6 Å². The summed E-state index contributed by atoms with van der Waals surface area (Å²) in [5.74, 6) is 0.0861. The third kappa shape index (κ3) is 2.47. The number of benzene rings is 1. The molecule has 0 aliphatic rings. The highest BCUT2D eigenvalue weighted by Gasteiger charge is 2.24. The first kappa shape index (κ1) is 15.9. The first-order valence-corrected chi connectivity index (χ1v) is 7.39. The minimum absolute atomic E-state index is 0.131. The number of hydrogen-bond acceptors (Lipinski definition) is 5. The second-order valence-corrected chi connectivity index (χ2v) is 6.42. The number of phenols is 1. The van der Waals surface area contributed by atoms with Gasteiger partial charge in [-0.1, -0.05) is 0 Å². The number of nitrogens with zero attached hydrogens (tertiary/aromatic N) is 1. The molecule has 1 aromatic carbocycles. The second-order valence-electron chi connectivity index (χ2n) is 6.42. The van der Waals surface area contributed by atoms with Crippen molar-refractivity contribution >= 4 is 27.9 Å². The highest BCUT2D eigenvalue weighted by molar-refractivity contribution is 6.12. The van der Waals surface area contributed by atoms with E-state index in [4.69, 9.17) is 9.47 Å². The number of phenolic OH excluding ortho intramolecular Hbond substituents is 1. The standard InChI is InChI=1S/C17H18N2O5/c1-17(2,3)24-16(22)19-10-5-6-18-15(21)14(10)9-7-13(23-4)12(20)8-11(9)19/h5-8,20H,1-4H3,(H,18,21). The number of carbonyl (C=O) groups excluding carboxylic acids is 1. The Balaban J connectivity index is 2.42. The van der Waals surface area contributed by atoms with Crippen LogP contribution in [-0.4, -0.2) is 33.5 Å². The van der Waals surface area contributed by atoms with Gasteiger partial charge in [0.2, 0.25) is 0 Å². The Morgan fingerprint density at radius 1 is 1.25 bits per heavy atom. The summed E-state index contributed by atoms with van der Waals surface area (Å²) in [5, 5.41) is 10.9. The molecule has 0 spiro atoms. The number of aromatic amines is 1. The van der Waals surface area contributed by atoms with E-state index in [1.165, 1.54) is 30.0 Å². The van der Waals surface area contributed by atoms with Crippen LogP contribution in [0.3, 0.4) is 0 Å². The Bertz CT molecular complexity index is 1010. The molecule has 0 saturated heterocycles. The highest BCUT2D eigenvalue weighted by atomic mass is 16.6. The van der Waals surface area contributed by atoms with Gasteiger partial charge in [0.05, 0.1) is 23.5 Å². The second kappa shape index (κ2) is 5.30. The van der Waals surface area contributed by atoms with E-state index in [9.17, 15) is 14.7 Å². The molecule has 2 aromatic heterocycles. The maximum Gasteiger partial charge on any atom is 0.419 e. The lowest BCUT2D eigenvalue weighted by Crippen LogP contribution is -2.27. The molecule has 0 saturated carbocycles. The first-order valence-electron chi connectivity index (χ1n) is 7.39. The zero-order valence-corrected chi connectivity index (χ0v) is 13.8. The van der Waals surface area contributed by atoms with E-state index in [1.807, 2.05) is 0 Å². The zero-order valence-electron chi connectivity index (χ0n) is 13.8. The van der Waals surface area contributed by atoms with Crippen molar-refractivity contribution in [1.29, 1.82) is 0 Å². The summed E-state index contributed by atoms with van der Waals surface area (Å²) in [5.41, 5.74) is -0.270. The van der Waals surface area contributed by atoms with Crippen molar-refractivity contribution in [3.05, 3.63) is 34.7 Å². The number of nitrogens with one attached hydrogen (secondary N) is 1. The predicted molar refractivity (Wildman–Crippen MR) is 89.9 cm³/mol. The van der Waals surface area contributed by atoms with Crippen LogP contribution in [0.4, 0.5) is 4.79 Å². The lowest BCUT2D eigenvalue weighted by atomic mass is 10.2. The van der Waals surface area contributed by atoms with E-state index in [0.717, 1.165) is 0 Å². The molecule has 24 heavy (non-hydrogen) atoms. The largest absolute Gasteiger partial charge is 0.504 e. The van der Waals surface area contributed by atoms with Crippen molar-refractivity contribution in [2.24, 2.45) is 0 Å². The van der Waals surface area contributed by atoms with Crippen LogP contribution >= 0.6 is 0 Å². The molecule has 2 heterocycles. The highest BCUT2D eigenvalue weighted by Crippen LogP contribution is 2.36. The molecule has 0 unspecified atom stereocenters. The molecule has 0 bridgehead atoms. The molecule has 0 aliphatic carbocycles. The molecule has 3 rings (SSSR count). The Morgan fingerprint density at radius 3 is 2.58 bits per heavy atom. The van der Waals surface area contributed by atoms with Gasteiger partial charge in [-0.15, -0.1) is 0 Å². The molecule has 0 aliphatic heterocycles. The number of carbonyl (C=O) groups is 1. The zero-order chi connectivity index (χ0) is 17.6. The third-order valence-corrected chi connectivity index (χ3v) is 3.56. The molecule has 0 amide bonds. The summed E-state index contributed by atoms with van der Waals surface area (Å²) in [6, 6.07) is 4.53. The normalized spacial score (nSPS) is 11.8. The summed E-state index contributed by atoms with van der Waals surface area (Å²) < 4.78 is 11.8. The van der Waals surface area contributed by atoms with Gasteiger partial charge in [0, 0.05) is 17.6 Å². The van der Waals surface area contributed by atoms with Crippen LogP contribution in [0, 0.1) is 0 Å². The van der Waals surface area contributed by atoms with Gasteiger partial charge in [0.15, 0.2) is 11.5 Å². The minimum atomic E-state index is -0.699. The van der Waals surface area contributed by atoms with Crippen molar-refractivity contribution in [3.63, 3.8) is 0 Å². The van der Waals surface area contributed by atoms with Crippen LogP contribution in [0.1, 0.15) is 20.8 Å². The van der Waals surface area contributed by atoms with E-state index in [2.05, 4.69) is 4.98 Å². The van der Waals surface area contributed by atoms with Gasteiger partial charge in [-0.2, -0.15) is 0 Å². The molecule has 126 valence electrons. The Kier molecular flexibility index (Phi) is 3.51.